The maximum Gasteiger partial charge on any atom is 0.278 e. The van der Waals surface area contributed by atoms with Gasteiger partial charge in [0.05, 0.1) is 12.1 Å². The number of hydrogen-bond acceptors (Lipinski definition) is 5. The Kier molecular flexibility index (Phi) is 6.48. The van der Waals surface area contributed by atoms with Crippen molar-refractivity contribution in [3.8, 4) is 5.75 Å². The van der Waals surface area contributed by atoms with Crippen LogP contribution in [0.4, 0.5) is 8.78 Å². The molecule has 2 aliphatic heterocycles. The molecule has 2 amide bonds. The Balaban J connectivity index is 1.55. The number of hydrogen-bond donors (Lipinski definition) is 1. The molecule has 0 atom stereocenters. The molecule has 5 rings (SSSR count). The van der Waals surface area contributed by atoms with Gasteiger partial charge in [0.2, 0.25) is 5.43 Å². The SMILES string of the molecule is CC1(C)C=CCN2CN1C(=O)c1c(OCc3ccccc3)c(=O)c(C(=O)NCc3ccc(F)cc3F)cn12. The molecular weight excluding hydrogens is 494 g/mol. The van der Waals surface area contributed by atoms with Crippen LogP contribution in [0.1, 0.15) is 45.8 Å². The van der Waals surface area contributed by atoms with Gasteiger partial charge in [-0.15, -0.1) is 0 Å². The molecular formula is C28H26F2N4O4. The third-order valence-corrected chi connectivity index (χ3v) is 6.67. The van der Waals surface area contributed by atoms with Gasteiger partial charge in [-0.05, 0) is 25.5 Å². The van der Waals surface area contributed by atoms with Gasteiger partial charge in [0.25, 0.3) is 11.8 Å². The van der Waals surface area contributed by atoms with Crippen molar-refractivity contribution >= 4 is 11.8 Å². The number of ether oxygens (including phenoxy) is 1. The lowest BCUT2D eigenvalue weighted by Crippen LogP contribution is -2.59. The highest BCUT2D eigenvalue weighted by Gasteiger charge is 2.41. The third kappa shape index (κ3) is 4.65. The summed E-state index contributed by atoms with van der Waals surface area (Å²) in [5.74, 6) is -2.98. The van der Waals surface area contributed by atoms with Gasteiger partial charge in [0.1, 0.15) is 30.5 Å². The van der Waals surface area contributed by atoms with Gasteiger partial charge in [0, 0.05) is 24.4 Å². The quantitative estimate of drug-likeness (QED) is 0.504. The molecule has 0 fully saturated rings. The molecule has 1 N–H and O–H groups in total. The van der Waals surface area contributed by atoms with Crippen molar-refractivity contribution in [1.29, 1.82) is 0 Å². The minimum absolute atomic E-state index is 0.00384. The van der Waals surface area contributed by atoms with Crippen molar-refractivity contribution in [3.63, 3.8) is 0 Å². The fourth-order valence-electron chi connectivity index (χ4n) is 4.52. The van der Waals surface area contributed by atoms with E-state index >= 15 is 0 Å². The van der Waals surface area contributed by atoms with Crippen LogP contribution in [0, 0.1) is 11.6 Å². The summed E-state index contributed by atoms with van der Waals surface area (Å²) in [6, 6.07) is 12.2. The van der Waals surface area contributed by atoms with Crippen LogP contribution >= 0.6 is 0 Å². The van der Waals surface area contributed by atoms with E-state index in [1.165, 1.54) is 16.9 Å². The van der Waals surface area contributed by atoms with Crippen LogP contribution in [0.3, 0.4) is 0 Å². The first-order chi connectivity index (χ1) is 18.2. The van der Waals surface area contributed by atoms with Crippen molar-refractivity contribution in [1.82, 2.24) is 14.9 Å². The van der Waals surface area contributed by atoms with E-state index in [-0.39, 0.29) is 42.4 Å². The fourth-order valence-corrected chi connectivity index (χ4v) is 4.52. The lowest BCUT2D eigenvalue weighted by Gasteiger charge is -2.43. The summed E-state index contributed by atoms with van der Waals surface area (Å²) in [6.45, 7) is 4.19. The van der Waals surface area contributed by atoms with E-state index in [1.807, 2.05) is 61.3 Å². The predicted molar refractivity (Wildman–Crippen MR) is 136 cm³/mol. The average Bonchev–Trinajstić information content (AvgIpc) is 3.02. The van der Waals surface area contributed by atoms with Crippen LogP contribution in [-0.4, -0.2) is 40.1 Å². The summed E-state index contributed by atoms with van der Waals surface area (Å²) in [5.41, 5.74) is -0.786. The van der Waals surface area contributed by atoms with E-state index in [2.05, 4.69) is 5.32 Å². The number of benzene rings is 2. The molecule has 0 radical (unpaired) electrons. The summed E-state index contributed by atoms with van der Waals surface area (Å²) in [7, 11) is 0. The van der Waals surface area contributed by atoms with E-state index in [4.69, 9.17) is 4.74 Å². The molecule has 1 aromatic heterocycles. The van der Waals surface area contributed by atoms with Crippen molar-refractivity contribution in [3.05, 3.63) is 111 Å². The first-order valence-electron chi connectivity index (χ1n) is 12.1. The lowest BCUT2D eigenvalue weighted by atomic mass is 10.0. The molecule has 2 bridgehead atoms. The Morgan fingerprint density at radius 3 is 2.61 bits per heavy atom. The largest absolute Gasteiger partial charge is 0.482 e. The van der Waals surface area contributed by atoms with Gasteiger partial charge >= 0.3 is 0 Å². The van der Waals surface area contributed by atoms with Crippen LogP contribution in [0.25, 0.3) is 0 Å². The zero-order valence-electron chi connectivity index (χ0n) is 20.9. The van der Waals surface area contributed by atoms with Crippen LogP contribution in [0.5, 0.6) is 5.75 Å². The van der Waals surface area contributed by atoms with E-state index < -0.39 is 34.4 Å². The normalized spacial score (nSPS) is 15.6. The van der Waals surface area contributed by atoms with E-state index in [0.717, 1.165) is 17.7 Å². The van der Waals surface area contributed by atoms with Gasteiger partial charge in [0.15, 0.2) is 11.4 Å². The summed E-state index contributed by atoms with van der Waals surface area (Å²) in [4.78, 5) is 42.1. The van der Waals surface area contributed by atoms with Gasteiger partial charge in [-0.1, -0.05) is 48.6 Å². The summed E-state index contributed by atoms with van der Waals surface area (Å²) in [5, 5.41) is 4.33. The summed E-state index contributed by atoms with van der Waals surface area (Å²) in [6.07, 6.45) is 5.15. The third-order valence-electron chi connectivity index (χ3n) is 6.67. The number of aromatic nitrogens is 1. The second kappa shape index (κ2) is 9.77. The number of rotatable bonds is 6. The first kappa shape index (κ1) is 25.2. The molecule has 0 unspecified atom stereocenters. The molecule has 2 aliphatic rings. The molecule has 0 saturated carbocycles. The predicted octanol–water partition coefficient (Wildman–Crippen LogP) is 3.34. The molecule has 2 aromatic carbocycles. The Hall–Kier alpha value is -4.47. The second-order valence-corrected chi connectivity index (χ2v) is 9.71. The standard InChI is InChI=1S/C28H26F2N4O4/c1-28(2)11-6-12-32-17-33(28)27(37)23-25(38-16-18-7-4-3-5-8-18)24(35)21(15-34(23)32)26(36)31-14-19-9-10-20(29)13-22(19)30/h3-11,13,15H,12,14,16-17H2,1-2H3,(H,31,36). The topological polar surface area (TPSA) is 83.9 Å². The molecule has 196 valence electrons. The van der Waals surface area contributed by atoms with E-state index in [1.54, 1.807) is 4.90 Å². The molecule has 3 aromatic rings. The Morgan fingerprint density at radius 1 is 1.11 bits per heavy atom. The van der Waals surface area contributed by atoms with Gasteiger partial charge in [-0.2, -0.15) is 0 Å². The maximum atomic E-state index is 14.1. The number of amides is 2. The van der Waals surface area contributed by atoms with Crippen molar-refractivity contribution in [2.75, 3.05) is 18.2 Å². The first-order valence-corrected chi connectivity index (χ1v) is 12.1. The number of carbonyl (C=O) groups is 2. The Labute approximate surface area is 217 Å². The number of nitrogens with zero attached hydrogens (tertiary/aromatic N) is 3. The van der Waals surface area contributed by atoms with E-state index in [9.17, 15) is 23.2 Å². The average molecular weight is 521 g/mol. The van der Waals surface area contributed by atoms with Gasteiger partial charge < -0.3 is 15.0 Å². The number of fused-ring (bicyclic) bond motifs is 4. The summed E-state index contributed by atoms with van der Waals surface area (Å²) >= 11 is 0. The zero-order valence-corrected chi connectivity index (χ0v) is 20.9. The highest BCUT2D eigenvalue weighted by Crippen LogP contribution is 2.30. The second-order valence-electron chi connectivity index (χ2n) is 9.71. The molecule has 3 heterocycles. The number of halogens is 2. The van der Waals surface area contributed by atoms with Gasteiger partial charge in [-0.25, -0.2) is 8.78 Å². The van der Waals surface area contributed by atoms with Crippen molar-refractivity contribution < 1.29 is 23.1 Å². The Morgan fingerprint density at radius 2 is 1.87 bits per heavy atom. The van der Waals surface area contributed by atoms with Crippen LogP contribution in [-0.2, 0) is 13.2 Å². The van der Waals surface area contributed by atoms with Crippen molar-refractivity contribution in [2.24, 2.45) is 0 Å². The number of pyridine rings is 1. The highest BCUT2D eigenvalue weighted by molar-refractivity contribution is 6.00. The molecule has 38 heavy (non-hydrogen) atoms. The minimum Gasteiger partial charge on any atom is -0.482 e. The van der Waals surface area contributed by atoms with E-state index in [0.29, 0.717) is 6.54 Å². The monoisotopic (exact) mass is 520 g/mol. The van der Waals surface area contributed by atoms with Gasteiger partial charge in [-0.3, -0.25) is 24.1 Å². The smallest absolute Gasteiger partial charge is 0.278 e. The molecule has 8 nitrogen and oxygen atoms in total. The van der Waals surface area contributed by atoms with Crippen LogP contribution < -0.4 is 20.5 Å². The lowest BCUT2D eigenvalue weighted by molar-refractivity contribution is 0.0550. The summed E-state index contributed by atoms with van der Waals surface area (Å²) < 4.78 is 34.8. The number of nitrogens with one attached hydrogen (secondary N) is 1. The Bertz CT molecular complexity index is 1500. The fraction of sp³-hybridized carbons (Fsp3) is 0.250. The number of carbonyl (C=O) groups excluding carboxylic acids is 2. The van der Waals surface area contributed by atoms with Crippen LogP contribution in [0.2, 0.25) is 0 Å². The molecule has 10 heteroatoms. The maximum absolute atomic E-state index is 14.1. The minimum atomic E-state index is -0.816. The zero-order chi connectivity index (χ0) is 27.0. The molecule has 0 saturated heterocycles. The highest BCUT2D eigenvalue weighted by atomic mass is 19.1. The van der Waals surface area contributed by atoms with Crippen molar-refractivity contribution in [2.45, 2.75) is 32.5 Å². The molecule has 0 aliphatic carbocycles. The molecule has 0 spiro atoms. The van der Waals surface area contributed by atoms with Crippen LogP contribution in [0.15, 0.2) is 71.7 Å².